The number of nitrogens with two attached hydrogens (primary N) is 1. The Hall–Kier alpha value is -1.71. The lowest BCUT2D eigenvalue weighted by Crippen LogP contribution is -2.53. The van der Waals surface area contributed by atoms with Crippen molar-refractivity contribution < 1.29 is 5.11 Å². The number of hydrogen-bond donors (Lipinski definition) is 2. The average Bonchev–Trinajstić information content (AvgIpc) is 2.74. The second kappa shape index (κ2) is 5.73. The summed E-state index contributed by atoms with van der Waals surface area (Å²) in [6.07, 6.45) is 3.03. The van der Waals surface area contributed by atoms with E-state index in [1.807, 2.05) is 12.1 Å². The van der Waals surface area contributed by atoms with E-state index in [-0.39, 0.29) is 5.54 Å². The van der Waals surface area contributed by atoms with Crippen LogP contribution in [0.25, 0.3) is 0 Å². The van der Waals surface area contributed by atoms with E-state index in [1.54, 1.807) is 12.1 Å². The second-order valence-electron chi connectivity index (χ2n) is 5.97. The second-order valence-corrected chi connectivity index (χ2v) is 5.97. The number of nitrogens with zero attached hydrogens (tertiary/aromatic N) is 2. The number of aromatic hydroxyl groups is 1. The summed E-state index contributed by atoms with van der Waals surface area (Å²) in [4.78, 5) is 6.72. The van der Waals surface area contributed by atoms with E-state index in [0.717, 1.165) is 25.8 Å². The molecule has 3 N–H and O–H groups in total. The Kier molecular flexibility index (Phi) is 4.21. The lowest BCUT2D eigenvalue weighted by Gasteiger charge is -2.40. The van der Waals surface area contributed by atoms with Crippen molar-refractivity contribution in [2.45, 2.75) is 51.6 Å². The summed E-state index contributed by atoms with van der Waals surface area (Å²) >= 11 is 0. The summed E-state index contributed by atoms with van der Waals surface area (Å²) in [6.45, 7) is 7.38. The highest BCUT2D eigenvalue weighted by Crippen LogP contribution is 2.30. The van der Waals surface area contributed by atoms with Crippen molar-refractivity contribution in [3.8, 4) is 5.75 Å². The number of hydrogen-bond acceptors (Lipinski definition) is 4. The average molecular weight is 275 g/mol. The van der Waals surface area contributed by atoms with Gasteiger partial charge in [0.25, 0.3) is 0 Å². The Morgan fingerprint density at radius 3 is 2.65 bits per heavy atom. The number of rotatable bonds is 5. The van der Waals surface area contributed by atoms with Crippen LogP contribution in [-0.2, 0) is 6.42 Å². The zero-order chi connectivity index (χ0) is 14.8. The van der Waals surface area contributed by atoms with Gasteiger partial charge in [0.2, 0.25) is 0 Å². The van der Waals surface area contributed by atoms with E-state index in [4.69, 9.17) is 5.73 Å². The van der Waals surface area contributed by atoms with Gasteiger partial charge in [-0.25, -0.2) is 0 Å². The molecule has 2 unspecified atom stereocenters. The van der Waals surface area contributed by atoms with Crippen molar-refractivity contribution in [3.63, 3.8) is 0 Å². The minimum atomic E-state index is -0.00258. The molecule has 2 atom stereocenters. The minimum Gasteiger partial charge on any atom is -0.508 e. The first-order valence-corrected chi connectivity index (χ1v) is 7.33. The molecule has 110 valence electrons. The Bertz CT molecular complexity index is 483. The first kappa shape index (κ1) is 14.7. The lowest BCUT2D eigenvalue weighted by atomic mass is 9.91. The zero-order valence-electron chi connectivity index (χ0n) is 12.6. The number of aliphatic imine (C=N–C) groups is 1. The van der Waals surface area contributed by atoms with Crippen LogP contribution in [0.2, 0.25) is 0 Å². The van der Waals surface area contributed by atoms with Gasteiger partial charge in [-0.05, 0) is 50.8 Å². The van der Waals surface area contributed by atoms with Crippen LogP contribution in [0.3, 0.4) is 0 Å². The third kappa shape index (κ3) is 2.89. The van der Waals surface area contributed by atoms with E-state index < -0.39 is 0 Å². The third-order valence-corrected chi connectivity index (χ3v) is 4.33. The fourth-order valence-corrected chi connectivity index (χ4v) is 2.90. The highest BCUT2D eigenvalue weighted by atomic mass is 16.3. The van der Waals surface area contributed by atoms with Crippen molar-refractivity contribution in [1.82, 2.24) is 4.90 Å². The topological polar surface area (TPSA) is 61.8 Å². The highest BCUT2D eigenvalue weighted by Gasteiger charge is 2.39. The minimum absolute atomic E-state index is 0.00258. The molecule has 1 aliphatic heterocycles. The molecule has 0 saturated heterocycles. The van der Waals surface area contributed by atoms with Crippen LogP contribution in [0.15, 0.2) is 29.3 Å². The van der Waals surface area contributed by atoms with E-state index in [9.17, 15) is 5.11 Å². The molecule has 1 aromatic rings. The molecular weight excluding hydrogens is 250 g/mol. The van der Waals surface area contributed by atoms with E-state index >= 15 is 0 Å². The first-order chi connectivity index (χ1) is 9.46. The quantitative estimate of drug-likeness (QED) is 0.868. The maximum atomic E-state index is 9.33. The molecule has 2 rings (SSSR count). The fourth-order valence-electron chi connectivity index (χ4n) is 2.90. The molecule has 1 aliphatic rings. The Balaban J connectivity index is 2.05. The zero-order valence-corrected chi connectivity index (χ0v) is 12.6. The van der Waals surface area contributed by atoms with Crippen LogP contribution >= 0.6 is 0 Å². The van der Waals surface area contributed by atoms with E-state index in [1.165, 1.54) is 5.56 Å². The van der Waals surface area contributed by atoms with Gasteiger partial charge in [0.1, 0.15) is 5.75 Å². The van der Waals surface area contributed by atoms with Gasteiger partial charge in [-0.15, -0.1) is 0 Å². The molecule has 0 saturated carbocycles. The van der Waals surface area contributed by atoms with Gasteiger partial charge in [-0.3, -0.25) is 4.99 Å². The smallest absolute Gasteiger partial charge is 0.192 e. The molecule has 0 aromatic heterocycles. The monoisotopic (exact) mass is 275 g/mol. The van der Waals surface area contributed by atoms with Gasteiger partial charge >= 0.3 is 0 Å². The van der Waals surface area contributed by atoms with Crippen LogP contribution < -0.4 is 5.73 Å². The van der Waals surface area contributed by atoms with Gasteiger partial charge in [0.05, 0.1) is 12.1 Å². The lowest BCUT2D eigenvalue weighted by molar-refractivity contribution is 0.160. The first-order valence-electron chi connectivity index (χ1n) is 7.33. The van der Waals surface area contributed by atoms with Crippen molar-refractivity contribution >= 4 is 5.96 Å². The molecule has 0 aliphatic carbocycles. The number of aryl methyl sites for hydroxylation is 1. The molecule has 0 radical (unpaired) electrons. The summed E-state index contributed by atoms with van der Waals surface area (Å²) in [5.41, 5.74) is 7.29. The summed E-state index contributed by atoms with van der Waals surface area (Å²) < 4.78 is 0. The van der Waals surface area contributed by atoms with Crippen molar-refractivity contribution in [2.24, 2.45) is 10.7 Å². The molecular formula is C16H25N3O. The van der Waals surface area contributed by atoms with Gasteiger partial charge in [-0.1, -0.05) is 19.1 Å². The van der Waals surface area contributed by atoms with Gasteiger partial charge in [0.15, 0.2) is 5.96 Å². The fraction of sp³-hybridized carbons (Fsp3) is 0.562. The van der Waals surface area contributed by atoms with E-state index in [2.05, 4.69) is 30.7 Å². The van der Waals surface area contributed by atoms with Crippen LogP contribution in [0, 0.1) is 0 Å². The molecule has 0 fully saturated rings. The predicted molar refractivity (Wildman–Crippen MR) is 82.9 cm³/mol. The molecule has 0 bridgehead atoms. The number of phenolic OH excluding ortho intramolecular Hbond substituents is 1. The van der Waals surface area contributed by atoms with Gasteiger partial charge in [0, 0.05) is 6.04 Å². The molecule has 20 heavy (non-hydrogen) atoms. The van der Waals surface area contributed by atoms with Crippen molar-refractivity contribution in [3.05, 3.63) is 29.8 Å². The standard InChI is InChI=1S/C16H25N3O/c1-4-12(2)19-15(17)18-11-16(19,3)10-9-13-5-7-14(20)8-6-13/h5-8,12,20H,4,9-11H2,1-3H3,(H2,17,18). The summed E-state index contributed by atoms with van der Waals surface area (Å²) in [7, 11) is 0. The number of phenols is 1. The highest BCUT2D eigenvalue weighted by molar-refractivity contribution is 5.81. The number of benzene rings is 1. The molecule has 1 heterocycles. The Labute approximate surface area is 121 Å². The van der Waals surface area contributed by atoms with Gasteiger partial charge < -0.3 is 15.7 Å². The van der Waals surface area contributed by atoms with Crippen LogP contribution in [0.5, 0.6) is 5.75 Å². The maximum Gasteiger partial charge on any atom is 0.192 e. The molecule has 4 heteroatoms. The molecule has 4 nitrogen and oxygen atoms in total. The van der Waals surface area contributed by atoms with Gasteiger partial charge in [-0.2, -0.15) is 0 Å². The summed E-state index contributed by atoms with van der Waals surface area (Å²) in [5.74, 6) is 0.988. The van der Waals surface area contributed by atoms with Crippen molar-refractivity contribution in [1.29, 1.82) is 0 Å². The summed E-state index contributed by atoms with van der Waals surface area (Å²) in [6, 6.07) is 7.84. The normalized spacial score (nSPS) is 23.8. The largest absolute Gasteiger partial charge is 0.508 e. The predicted octanol–water partition coefficient (Wildman–Crippen LogP) is 2.51. The maximum absolute atomic E-state index is 9.33. The molecule has 0 amide bonds. The Morgan fingerprint density at radius 2 is 2.05 bits per heavy atom. The SMILES string of the molecule is CCC(C)N1C(N)=NCC1(C)CCc1ccc(O)cc1. The Morgan fingerprint density at radius 1 is 1.40 bits per heavy atom. The molecule has 1 aromatic carbocycles. The van der Waals surface area contributed by atoms with E-state index in [0.29, 0.717) is 17.8 Å². The number of guanidine groups is 1. The third-order valence-electron chi connectivity index (χ3n) is 4.33. The molecule has 0 spiro atoms. The van der Waals surface area contributed by atoms with Crippen LogP contribution in [0.1, 0.15) is 39.2 Å². The van der Waals surface area contributed by atoms with Crippen LogP contribution in [0.4, 0.5) is 0 Å². The van der Waals surface area contributed by atoms with Crippen LogP contribution in [-0.4, -0.2) is 34.1 Å². The summed E-state index contributed by atoms with van der Waals surface area (Å²) in [5, 5.41) is 9.33. The van der Waals surface area contributed by atoms with Crippen molar-refractivity contribution in [2.75, 3.05) is 6.54 Å².